The minimum absolute atomic E-state index is 0.0571. The maximum Gasteiger partial charge on any atom is 0.303 e. The van der Waals surface area contributed by atoms with Crippen molar-refractivity contribution < 1.29 is 17.2 Å². The fraction of sp³-hybridized carbons (Fsp3) is 0.708. The number of imidazole rings is 1. The lowest BCUT2D eigenvalue weighted by atomic mass is 9.86. The van der Waals surface area contributed by atoms with Gasteiger partial charge in [-0.05, 0) is 49.8 Å². The number of hydrogen-bond acceptors (Lipinski definition) is 3. The van der Waals surface area contributed by atoms with Crippen LogP contribution in [0, 0.1) is 5.92 Å². The van der Waals surface area contributed by atoms with E-state index in [1.807, 2.05) is 18.2 Å². The van der Waals surface area contributed by atoms with E-state index in [0.717, 1.165) is 36.1 Å². The highest BCUT2D eigenvalue weighted by atomic mass is 32.2. The van der Waals surface area contributed by atoms with E-state index in [-0.39, 0.29) is 24.2 Å². The minimum Gasteiger partial charge on any atom is -0.327 e. The van der Waals surface area contributed by atoms with E-state index in [1.165, 1.54) is 4.31 Å². The first-order chi connectivity index (χ1) is 15.4. The maximum atomic E-state index is 13.7. The Morgan fingerprint density at radius 3 is 2.36 bits per heavy atom. The van der Waals surface area contributed by atoms with Crippen LogP contribution in [0.5, 0.6) is 0 Å². The molecule has 33 heavy (non-hydrogen) atoms. The smallest absolute Gasteiger partial charge is 0.303 e. The Morgan fingerprint density at radius 2 is 1.76 bits per heavy atom. The predicted octanol–water partition coefficient (Wildman–Crippen LogP) is 5.33. The van der Waals surface area contributed by atoms with Gasteiger partial charge in [-0.1, -0.05) is 27.2 Å². The van der Waals surface area contributed by atoms with E-state index in [0.29, 0.717) is 38.2 Å². The lowest BCUT2D eigenvalue weighted by Crippen LogP contribution is -2.44. The van der Waals surface area contributed by atoms with E-state index in [2.05, 4.69) is 25.3 Å². The molecular weight excluding hydrogens is 446 g/mol. The third-order valence-electron chi connectivity index (χ3n) is 7.03. The second-order valence-corrected chi connectivity index (χ2v) is 12.7. The summed E-state index contributed by atoms with van der Waals surface area (Å²) < 4.78 is 58.6. The van der Waals surface area contributed by atoms with Crippen LogP contribution < -0.4 is 4.31 Å². The molecule has 1 aromatic carbocycles. The molecule has 1 saturated heterocycles. The van der Waals surface area contributed by atoms with Crippen LogP contribution >= 0.6 is 0 Å². The van der Waals surface area contributed by atoms with Gasteiger partial charge in [-0.15, -0.1) is 0 Å². The second-order valence-electron chi connectivity index (χ2n) is 10.7. The van der Waals surface area contributed by atoms with E-state index >= 15 is 0 Å². The van der Waals surface area contributed by atoms with Crippen molar-refractivity contribution in [3.05, 3.63) is 24.0 Å². The van der Waals surface area contributed by atoms with Crippen LogP contribution in [0.25, 0.3) is 11.0 Å². The Hall–Kier alpha value is -1.74. The zero-order valence-corrected chi connectivity index (χ0v) is 21.0. The van der Waals surface area contributed by atoms with Gasteiger partial charge >= 0.3 is 10.2 Å². The van der Waals surface area contributed by atoms with Crippen LogP contribution in [-0.2, 0) is 22.2 Å². The SMILES string of the molecule is CN(c1ccc2c(c1)nc(C(C)(C)C)n2CC1CCC(F)(F)CC1)S(=O)(=O)N1CCCCC1. The number of hydrogen-bond donors (Lipinski definition) is 0. The van der Waals surface area contributed by atoms with Crippen molar-refractivity contribution in [2.24, 2.45) is 5.92 Å². The maximum absolute atomic E-state index is 13.7. The third-order valence-corrected chi connectivity index (χ3v) is 8.95. The van der Waals surface area contributed by atoms with Gasteiger partial charge in [0.25, 0.3) is 0 Å². The molecule has 2 heterocycles. The number of piperidine rings is 1. The zero-order valence-electron chi connectivity index (χ0n) is 20.1. The Balaban J connectivity index is 1.65. The molecule has 0 atom stereocenters. The van der Waals surface area contributed by atoms with Gasteiger partial charge < -0.3 is 4.57 Å². The molecule has 6 nitrogen and oxygen atoms in total. The van der Waals surface area contributed by atoms with Crippen LogP contribution in [0.4, 0.5) is 14.5 Å². The summed E-state index contributed by atoms with van der Waals surface area (Å²) in [7, 11) is -2.00. The monoisotopic (exact) mass is 482 g/mol. The highest BCUT2D eigenvalue weighted by Crippen LogP contribution is 2.38. The van der Waals surface area contributed by atoms with Crippen molar-refractivity contribution in [3.63, 3.8) is 0 Å². The van der Waals surface area contributed by atoms with Gasteiger partial charge in [-0.2, -0.15) is 12.7 Å². The Morgan fingerprint density at radius 1 is 1.12 bits per heavy atom. The average molecular weight is 483 g/mol. The number of halogens is 2. The van der Waals surface area contributed by atoms with Gasteiger partial charge in [0.2, 0.25) is 5.92 Å². The summed E-state index contributed by atoms with van der Waals surface area (Å²) in [6.07, 6.45) is 3.73. The number of fused-ring (bicyclic) bond motifs is 1. The highest BCUT2D eigenvalue weighted by molar-refractivity contribution is 7.90. The first-order valence-corrected chi connectivity index (χ1v) is 13.4. The van der Waals surface area contributed by atoms with Crippen molar-refractivity contribution in [2.75, 3.05) is 24.4 Å². The van der Waals surface area contributed by atoms with E-state index in [1.54, 1.807) is 11.4 Å². The lowest BCUT2D eigenvalue weighted by molar-refractivity contribution is -0.0473. The normalized spacial score (nSPS) is 20.9. The van der Waals surface area contributed by atoms with Crippen molar-refractivity contribution >= 4 is 26.9 Å². The quantitative estimate of drug-likeness (QED) is 0.579. The van der Waals surface area contributed by atoms with Gasteiger partial charge in [0.05, 0.1) is 16.7 Å². The molecule has 0 unspecified atom stereocenters. The fourth-order valence-corrected chi connectivity index (χ4v) is 6.46. The van der Waals surface area contributed by atoms with Crippen LogP contribution in [0.1, 0.15) is 71.5 Å². The number of anilines is 1. The van der Waals surface area contributed by atoms with Gasteiger partial charge in [-0.25, -0.2) is 13.8 Å². The standard InChI is InChI=1S/C24H36F2N4O2S/c1-23(2,3)22-27-20-16-19(28(4)33(31,32)29-14-6-5-7-15-29)8-9-21(20)30(22)17-18-10-12-24(25,26)13-11-18/h8-9,16,18H,5-7,10-15,17H2,1-4H3. The highest BCUT2D eigenvalue weighted by Gasteiger charge is 2.36. The molecule has 0 N–H and O–H groups in total. The van der Waals surface area contributed by atoms with Gasteiger partial charge in [0, 0.05) is 44.9 Å². The molecular formula is C24H36F2N4O2S. The Kier molecular flexibility index (Phi) is 6.50. The molecule has 9 heteroatoms. The summed E-state index contributed by atoms with van der Waals surface area (Å²) in [5, 5.41) is 0. The average Bonchev–Trinajstić information content (AvgIpc) is 3.13. The van der Waals surface area contributed by atoms with Crippen LogP contribution in [0.15, 0.2) is 18.2 Å². The summed E-state index contributed by atoms with van der Waals surface area (Å²) in [6.45, 7) is 8.03. The van der Waals surface area contributed by atoms with Gasteiger partial charge in [0.15, 0.2) is 0 Å². The molecule has 0 bridgehead atoms. The predicted molar refractivity (Wildman–Crippen MR) is 128 cm³/mol. The fourth-order valence-electron chi connectivity index (χ4n) is 5.01. The first kappa shape index (κ1) is 24.4. The number of aromatic nitrogens is 2. The molecule has 184 valence electrons. The minimum atomic E-state index is -3.59. The topological polar surface area (TPSA) is 58.4 Å². The molecule has 2 fully saturated rings. The number of alkyl halides is 2. The summed E-state index contributed by atoms with van der Waals surface area (Å²) in [4.78, 5) is 4.90. The molecule has 2 aliphatic rings. The molecule has 1 aliphatic carbocycles. The molecule has 0 radical (unpaired) electrons. The molecule has 1 aromatic heterocycles. The van der Waals surface area contributed by atoms with Crippen molar-refractivity contribution in [3.8, 4) is 0 Å². The molecule has 0 spiro atoms. The largest absolute Gasteiger partial charge is 0.327 e. The first-order valence-electron chi connectivity index (χ1n) is 12.0. The Bertz CT molecular complexity index is 1090. The molecule has 1 saturated carbocycles. The summed E-state index contributed by atoms with van der Waals surface area (Å²) in [6, 6.07) is 5.58. The molecule has 0 amide bonds. The third kappa shape index (κ3) is 5.04. The van der Waals surface area contributed by atoms with Crippen LogP contribution in [0.3, 0.4) is 0 Å². The lowest BCUT2D eigenvalue weighted by Gasteiger charge is -2.31. The van der Waals surface area contributed by atoms with Crippen LogP contribution in [0.2, 0.25) is 0 Å². The van der Waals surface area contributed by atoms with Gasteiger partial charge in [0.1, 0.15) is 5.82 Å². The summed E-state index contributed by atoms with van der Waals surface area (Å²) in [5.41, 5.74) is 2.00. The van der Waals surface area contributed by atoms with Crippen molar-refractivity contribution in [1.29, 1.82) is 0 Å². The van der Waals surface area contributed by atoms with E-state index < -0.39 is 16.1 Å². The number of rotatable bonds is 5. The van der Waals surface area contributed by atoms with Gasteiger partial charge in [-0.3, -0.25) is 4.31 Å². The molecule has 4 rings (SSSR count). The number of benzene rings is 1. The van der Waals surface area contributed by atoms with Crippen molar-refractivity contribution in [2.45, 2.75) is 83.6 Å². The molecule has 1 aliphatic heterocycles. The summed E-state index contributed by atoms with van der Waals surface area (Å²) in [5.74, 6) is -1.46. The Labute approximate surface area is 196 Å². The molecule has 2 aromatic rings. The second kappa shape index (κ2) is 8.80. The van der Waals surface area contributed by atoms with Crippen LogP contribution in [-0.4, -0.2) is 48.3 Å². The van der Waals surface area contributed by atoms with Crippen molar-refractivity contribution in [1.82, 2.24) is 13.9 Å². The van der Waals surface area contributed by atoms with E-state index in [9.17, 15) is 17.2 Å². The van der Waals surface area contributed by atoms with E-state index in [4.69, 9.17) is 4.98 Å². The zero-order chi connectivity index (χ0) is 24.0. The number of nitrogens with zero attached hydrogens (tertiary/aromatic N) is 4. The summed E-state index contributed by atoms with van der Waals surface area (Å²) >= 11 is 0.